The molecule has 9 nitrogen and oxygen atoms in total. The maximum Gasteiger partial charge on any atom is 0.306 e. The van der Waals surface area contributed by atoms with Crippen molar-refractivity contribution >= 4 is 17.9 Å². The number of carboxylic acids is 1. The van der Waals surface area contributed by atoms with E-state index in [1.165, 1.54) is 148 Å². The zero-order valence-electron chi connectivity index (χ0n) is 51.7. The molecule has 0 aromatic carbocycles. The number of likely N-dealkylation sites (N-methyl/N-ethyl adjacent to an activating group) is 1. The van der Waals surface area contributed by atoms with Crippen LogP contribution in [0.5, 0.6) is 0 Å². The lowest BCUT2D eigenvalue weighted by molar-refractivity contribution is -0.870. The van der Waals surface area contributed by atoms with E-state index in [-0.39, 0.29) is 38.6 Å². The third-order valence-corrected chi connectivity index (χ3v) is 13.8. The molecular weight excluding hydrogens is 983 g/mol. The Morgan fingerprint density at radius 3 is 1.08 bits per heavy atom. The van der Waals surface area contributed by atoms with Gasteiger partial charge in [0, 0.05) is 12.8 Å². The third kappa shape index (κ3) is 61.7. The van der Waals surface area contributed by atoms with Crippen molar-refractivity contribution < 1.29 is 42.9 Å². The molecule has 9 heteroatoms. The van der Waals surface area contributed by atoms with Crippen LogP contribution in [0.25, 0.3) is 0 Å². The molecule has 0 aliphatic rings. The molecule has 0 radical (unpaired) electrons. The number of nitrogens with zero attached hydrogens (tertiary/aromatic N) is 1. The van der Waals surface area contributed by atoms with E-state index in [2.05, 4.69) is 111 Å². The van der Waals surface area contributed by atoms with Crippen LogP contribution in [0.3, 0.4) is 0 Å². The van der Waals surface area contributed by atoms with Gasteiger partial charge in [0.1, 0.15) is 13.2 Å². The molecule has 0 saturated heterocycles. The summed E-state index contributed by atoms with van der Waals surface area (Å²) in [5, 5.41) is 11.8. The lowest BCUT2D eigenvalue weighted by atomic mass is 10.0. The van der Waals surface area contributed by atoms with E-state index in [0.29, 0.717) is 17.4 Å². The van der Waals surface area contributed by atoms with Crippen molar-refractivity contribution in [2.75, 3.05) is 47.5 Å². The summed E-state index contributed by atoms with van der Waals surface area (Å²) in [4.78, 5) is 37.4. The molecule has 0 heterocycles. The molecule has 0 bridgehead atoms. The van der Waals surface area contributed by atoms with E-state index in [1.54, 1.807) is 0 Å². The number of ether oxygens (including phenoxy) is 4. The molecule has 2 unspecified atom stereocenters. The predicted molar refractivity (Wildman–Crippen MR) is 334 cm³/mol. The summed E-state index contributed by atoms with van der Waals surface area (Å²) in [5.74, 6) is -2.32. The summed E-state index contributed by atoms with van der Waals surface area (Å²) in [6.45, 7) is 4.61. The largest absolute Gasteiger partial charge is 0.545 e. The smallest absolute Gasteiger partial charge is 0.306 e. The first-order valence-corrected chi connectivity index (χ1v) is 32.4. The molecule has 0 rings (SSSR count). The molecule has 0 aromatic rings. The first-order chi connectivity index (χ1) is 38.6. The van der Waals surface area contributed by atoms with Gasteiger partial charge in [-0.2, -0.15) is 0 Å². The number of carbonyl (C=O) groups excluding carboxylic acids is 3. The van der Waals surface area contributed by atoms with E-state index in [4.69, 9.17) is 18.9 Å². The molecule has 0 N–H and O–H groups in total. The van der Waals surface area contributed by atoms with E-state index < -0.39 is 24.3 Å². The number of esters is 2. The number of carboxylic acid groups (broad SMARTS) is 1. The first kappa shape index (κ1) is 75.2. The molecule has 0 spiro atoms. The van der Waals surface area contributed by atoms with Crippen LogP contribution in [0, 0.1) is 0 Å². The van der Waals surface area contributed by atoms with E-state index in [0.717, 1.165) is 89.9 Å². The highest BCUT2D eigenvalue weighted by Gasteiger charge is 2.22. The minimum atomic E-state index is -1.63. The van der Waals surface area contributed by atoms with Crippen molar-refractivity contribution in [3.05, 3.63) is 97.2 Å². The molecule has 0 aromatic heterocycles. The van der Waals surface area contributed by atoms with Gasteiger partial charge in [0.05, 0.1) is 40.3 Å². The number of carbonyl (C=O) groups is 3. The number of unbranched alkanes of at least 4 members (excludes halogenated alkanes) is 28. The minimum absolute atomic E-state index is 0.138. The summed E-state index contributed by atoms with van der Waals surface area (Å²) in [6, 6.07) is 0. The topological polar surface area (TPSA) is 111 Å². The number of quaternary nitrogens is 1. The highest BCUT2D eigenvalue weighted by Crippen LogP contribution is 2.17. The van der Waals surface area contributed by atoms with Gasteiger partial charge < -0.3 is 33.3 Å². The number of hydrogen-bond donors (Lipinski definition) is 0. The standard InChI is InChI=1S/C70H121NO8/c1-6-8-10-12-14-16-18-20-22-24-26-28-30-31-32-33-34-35-36-37-39-40-42-44-46-48-50-52-54-56-58-60-67(72)77-64-66(65-78-70(69(74)75)76-63-62-71(3,4)5)79-68(73)61-59-57-55-53-51-49-47-45-43-41-38-29-27-25-23-21-19-17-15-13-11-9-7-2/h9,11,15,17-18,20-21,23-24,26-27,29,41,43,47,49,66,70H,6-8,10,12-14,16,19,22,25,28,30-40,42,44-46,48,50-65H2,1-5H3/b11-9-,17-15-,20-18-,23-21-,26-24-,29-27-,43-41-,49-47-. The normalized spacial score (nSPS) is 13.4. The van der Waals surface area contributed by atoms with Gasteiger partial charge in [-0.05, 0) is 96.3 Å². The van der Waals surface area contributed by atoms with Crippen molar-refractivity contribution in [2.24, 2.45) is 0 Å². The molecule has 454 valence electrons. The fourth-order valence-electron chi connectivity index (χ4n) is 8.87. The quantitative estimate of drug-likeness (QED) is 0.0195. The predicted octanol–water partition coefficient (Wildman–Crippen LogP) is 18.4. The average Bonchev–Trinajstić information content (AvgIpc) is 3.42. The second-order valence-electron chi connectivity index (χ2n) is 22.7. The monoisotopic (exact) mass is 1100 g/mol. The van der Waals surface area contributed by atoms with Crippen LogP contribution in [-0.4, -0.2) is 82.3 Å². The van der Waals surface area contributed by atoms with Crippen molar-refractivity contribution in [3.63, 3.8) is 0 Å². The van der Waals surface area contributed by atoms with Gasteiger partial charge in [0.2, 0.25) is 0 Å². The van der Waals surface area contributed by atoms with E-state index in [1.807, 2.05) is 21.1 Å². The fraction of sp³-hybridized carbons (Fsp3) is 0.729. The van der Waals surface area contributed by atoms with Gasteiger partial charge in [-0.25, -0.2) is 0 Å². The summed E-state index contributed by atoms with van der Waals surface area (Å²) < 4.78 is 22.7. The maximum absolute atomic E-state index is 12.9. The zero-order valence-corrected chi connectivity index (χ0v) is 51.7. The lowest BCUT2D eigenvalue weighted by Gasteiger charge is -2.26. The number of allylic oxidation sites excluding steroid dienone is 16. The Bertz CT molecular complexity index is 1620. The van der Waals surface area contributed by atoms with Crippen LogP contribution in [-0.2, 0) is 33.3 Å². The lowest BCUT2D eigenvalue weighted by Crippen LogP contribution is -2.44. The Morgan fingerprint density at radius 1 is 0.392 bits per heavy atom. The Labute approximate surface area is 486 Å². The van der Waals surface area contributed by atoms with E-state index in [9.17, 15) is 19.5 Å². The molecule has 0 amide bonds. The van der Waals surface area contributed by atoms with Gasteiger partial charge >= 0.3 is 11.9 Å². The molecule has 0 fully saturated rings. The zero-order chi connectivity index (χ0) is 57.6. The van der Waals surface area contributed by atoms with Crippen molar-refractivity contribution in [3.8, 4) is 0 Å². The van der Waals surface area contributed by atoms with Crippen LogP contribution in [0.4, 0.5) is 0 Å². The number of aliphatic carboxylic acids is 1. The summed E-state index contributed by atoms with van der Waals surface area (Å²) in [7, 11) is 5.91. The minimum Gasteiger partial charge on any atom is -0.545 e. The van der Waals surface area contributed by atoms with Crippen LogP contribution in [0.15, 0.2) is 97.2 Å². The van der Waals surface area contributed by atoms with Gasteiger partial charge in [-0.1, -0.05) is 259 Å². The average molecular weight is 1100 g/mol. The van der Waals surface area contributed by atoms with Crippen LogP contribution >= 0.6 is 0 Å². The Morgan fingerprint density at radius 2 is 0.722 bits per heavy atom. The van der Waals surface area contributed by atoms with Gasteiger partial charge in [0.15, 0.2) is 12.4 Å². The molecule has 2 atom stereocenters. The van der Waals surface area contributed by atoms with Crippen LogP contribution in [0.1, 0.15) is 271 Å². The Hall–Kier alpha value is -3.79. The maximum atomic E-state index is 12.9. The second kappa shape index (κ2) is 60.3. The molecule has 0 saturated carbocycles. The molecule has 79 heavy (non-hydrogen) atoms. The van der Waals surface area contributed by atoms with Crippen LogP contribution < -0.4 is 5.11 Å². The number of rotatable bonds is 59. The van der Waals surface area contributed by atoms with Gasteiger partial charge in [0.25, 0.3) is 0 Å². The molecule has 0 aliphatic heterocycles. The Balaban J connectivity index is 4.18. The highest BCUT2D eigenvalue weighted by molar-refractivity contribution is 5.70. The SMILES string of the molecule is CC/C=C\C/C=C\C/C=C\C/C=C\C/C=C\C/C=C\CCCCCCC(=O)OC(COC(=O)CCCCCCCCCCCCCCCCCCCCC/C=C\C/C=C\CCCCCCC)COC(OCC[N+](C)(C)C)C(=O)[O-]. The molecular formula is C70H121NO8. The summed E-state index contributed by atoms with van der Waals surface area (Å²) >= 11 is 0. The van der Waals surface area contributed by atoms with E-state index >= 15 is 0 Å². The third-order valence-electron chi connectivity index (χ3n) is 13.8. The molecule has 0 aliphatic carbocycles. The summed E-state index contributed by atoms with van der Waals surface area (Å²) in [5.41, 5.74) is 0. The van der Waals surface area contributed by atoms with Gasteiger partial charge in [-0.15, -0.1) is 0 Å². The number of hydrogen-bond acceptors (Lipinski definition) is 8. The second-order valence-corrected chi connectivity index (χ2v) is 22.7. The summed E-state index contributed by atoms with van der Waals surface area (Å²) in [6.07, 6.45) is 79.0. The van der Waals surface area contributed by atoms with Crippen molar-refractivity contribution in [1.29, 1.82) is 0 Å². The van der Waals surface area contributed by atoms with Crippen molar-refractivity contribution in [2.45, 2.75) is 283 Å². The van der Waals surface area contributed by atoms with Crippen LogP contribution in [0.2, 0.25) is 0 Å². The fourth-order valence-corrected chi connectivity index (χ4v) is 8.87. The van der Waals surface area contributed by atoms with Gasteiger partial charge in [-0.3, -0.25) is 9.59 Å². The van der Waals surface area contributed by atoms with Crippen molar-refractivity contribution in [1.82, 2.24) is 0 Å². The highest BCUT2D eigenvalue weighted by atomic mass is 16.7. The first-order valence-electron chi connectivity index (χ1n) is 32.4. The Kier molecular flexibility index (Phi) is 57.4.